The summed E-state index contributed by atoms with van der Waals surface area (Å²) < 4.78 is 11.1. The fraction of sp³-hybridized carbons (Fsp3) is 0.440. The van der Waals surface area contributed by atoms with Crippen molar-refractivity contribution in [3.05, 3.63) is 48.0 Å². The van der Waals surface area contributed by atoms with Crippen molar-refractivity contribution in [1.29, 1.82) is 0 Å². The Kier molecular flexibility index (Phi) is 6.58. The van der Waals surface area contributed by atoms with Crippen LogP contribution in [0.3, 0.4) is 0 Å². The Morgan fingerprint density at radius 3 is 2.39 bits per heavy atom. The number of amides is 2. The van der Waals surface area contributed by atoms with Crippen LogP contribution in [0.2, 0.25) is 0 Å². The molecule has 1 atom stereocenters. The molecule has 31 heavy (non-hydrogen) atoms. The number of nitrogens with zero attached hydrogens (tertiary/aromatic N) is 1. The molecule has 2 aromatic carbocycles. The zero-order chi connectivity index (χ0) is 22.8. The van der Waals surface area contributed by atoms with Gasteiger partial charge in [-0.3, -0.25) is 9.59 Å². The zero-order valence-corrected chi connectivity index (χ0v) is 19.2. The van der Waals surface area contributed by atoms with Crippen LogP contribution in [0.15, 0.2) is 42.5 Å². The summed E-state index contributed by atoms with van der Waals surface area (Å²) >= 11 is 0. The monoisotopic (exact) mass is 424 g/mol. The van der Waals surface area contributed by atoms with E-state index in [1.165, 1.54) is 0 Å². The number of benzene rings is 2. The van der Waals surface area contributed by atoms with Crippen molar-refractivity contribution in [3.8, 4) is 11.5 Å². The smallest absolute Gasteiger partial charge is 0.229 e. The first-order chi connectivity index (χ1) is 14.6. The van der Waals surface area contributed by atoms with Gasteiger partial charge in [-0.1, -0.05) is 26.8 Å². The molecule has 6 nitrogen and oxygen atoms in total. The molecule has 0 aromatic heterocycles. The summed E-state index contributed by atoms with van der Waals surface area (Å²) in [5.74, 6) is 0.684. The second kappa shape index (κ2) is 9.00. The third-order valence-electron chi connectivity index (χ3n) is 5.34. The number of rotatable bonds is 6. The molecule has 166 valence electrons. The van der Waals surface area contributed by atoms with Crippen LogP contribution in [0.25, 0.3) is 0 Å². The number of hydrogen-bond acceptors (Lipinski definition) is 4. The molecule has 0 saturated carbocycles. The van der Waals surface area contributed by atoms with Gasteiger partial charge in [-0.15, -0.1) is 0 Å². The van der Waals surface area contributed by atoms with E-state index in [-0.39, 0.29) is 29.8 Å². The van der Waals surface area contributed by atoms with Gasteiger partial charge in [0.05, 0.1) is 24.8 Å². The first kappa shape index (κ1) is 22.7. The number of hydrogen-bond donors (Lipinski definition) is 1. The van der Waals surface area contributed by atoms with Crippen LogP contribution in [-0.4, -0.2) is 31.6 Å². The van der Waals surface area contributed by atoms with Gasteiger partial charge in [0, 0.05) is 18.7 Å². The highest BCUT2D eigenvalue weighted by Gasteiger charge is 2.35. The van der Waals surface area contributed by atoms with Gasteiger partial charge in [-0.25, -0.2) is 0 Å². The second-order valence-corrected chi connectivity index (χ2v) is 9.22. The Morgan fingerprint density at radius 1 is 1.13 bits per heavy atom. The molecule has 1 fully saturated rings. The molecular weight excluding hydrogens is 392 g/mol. The molecule has 1 aliphatic rings. The molecule has 1 aliphatic heterocycles. The number of ether oxygens (including phenoxy) is 2. The van der Waals surface area contributed by atoms with Crippen LogP contribution in [0.5, 0.6) is 11.5 Å². The van der Waals surface area contributed by atoms with E-state index in [9.17, 15) is 9.59 Å². The van der Waals surface area contributed by atoms with Crippen LogP contribution in [0, 0.1) is 5.92 Å². The maximum atomic E-state index is 13.0. The minimum Gasteiger partial charge on any atom is -0.495 e. The summed E-state index contributed by atoms with van der Waals surface area (Å²) in [6, 6.07) is 13.2. The summed E-state index contributed by atoms with van der Waals surface area (Å²) in [7, 11) is 1.58. The molecular formula is C25H32N2O4. The zero-order valence-electron chi connectivity index (χ0n) is 19.2. The molecule has 2 amide bonds. The predicted octanol–water partition coefficient (Wildman–Crippen LogP) is 4.77. The molecule has 3 rings (SSSR count). The Morgan fingerprint density at radius 2 is 1.81 bits per heavy atom. The number of carbonyl (C=O) groups excluding carboxylic acids is 2. The van der Waals surface area contributed by atoms with E-state index in [2.05, 4.69) is 26.1 Å². The number of anilines is 2. The SMILES string of the molecule is COc1ccc(C(C)(C)C)cc1NC(=O)C1CC(=O)N(c2ccc(OC(C)C)cc2)C1. The standard InChI is InChI=1S/C25H32N2O4/c1-16(2)31-20-10-8-19(9-11-20)27-15-17(13-23(27)28)24(29)26-21-14-18(25(3,4)5)7-12-22(21)30-6/h7-12,14,16-17H,13,15H2,1-6H3,(H,26,29). The van der Waals surface area contributed by atoms with Gasteiger partial charge in [0.25, 0.3) is 0 Å². The Labute approximate surface area is 184 Å². The molecule has 2 aromatic rings. The minimum absolute atomic E-state index is 0.0582. The lowest BCUT2D eigenvalue weighted by Crippen LogP contribution is -2.28. The summed E-state index contributed by atoms with van der Waals surface area (Å²) in [6.07, 6.45) is 0.262. The average Bonchev–Trinajstić information content (AvgIpc) is 3.09. The highest BCUT2D eigenvalue weighted by molar-refractivity contribution is 6.04. The van der Waals surface area contributed by atoms with Gasteiger partial charge in [-0.05, 0) is 61.2 Å². The number of methoxy groups -OCH3 is 1. The first-order valence-electron chi connectivity index (χ1n) is 10.6. The van der Waals surface area contributed by atoms with E-state index in [0.717, 1.165) is 17.0 Å². The molecule has 1 heterocycles. The van der Waals surface area contributed by atoms with Crippen molar-refractivity contribution < 1.29 is 19.1 Å². The molecule has 0 bridgehead atoms. The highest BCUT2D eigenvalue weighted by atomic mass is 16.5. The lowest BCUT2D eigenvalue weighted by Gasteiger charge is -2.22. The molecule has 0 radical (unpaired) electrons. The van der Waals surface area contributed by atoms with Crippen LogP contribution >= 0.6 is 0 Å². The third-order valence-corrected chi connectivity index (χ3v) is 5.34. The lowest BCUT2D eigenvalue weighted by molar-refractivity contribution is -0.122. The molecule has 6 heteroatoms. The first-order valence-corrected chi connectivity index (χ1v) is 10.6. The second-order valence-electron chi connectivity index (χ2n) is 9.22. The minimum atomic E-state index is -0.429. The summed E-state index contributed by atoms with van der Waals surface area (Å²) in [6.45, 7) is 10.6. The maximum absolute atomic E-state index is 13.0. The molecule has 1 saturated heterocycles. The summed E-state index contributed by atoms with van der Waals surface area (Å²) in [4.78, 5) is 27.2. The van der Waals surface area contributed by atoms with Crippen LogP contribution in [0.4, 0.5) is 11.4 Å². The topological polar surface area (TPSA) is 67.9 Å². The quantitative estimate of drug-likeness (QED) is 0.725. The van der Waals surface area contributed by atoms with Crippen molar-refractivity contribution >= 4 is 23.2 Å². The van der Waals surface area contributed by atoms with Gasteiger partial charge in [0.15, 0.2) is 0 Å². The molecule has 1 unspecified atom stereocenters. The van der Waals surface area contributed by atoms with Gasteiger partial charge in [-0.2, -0.15) is 0 Å². The highest BCUT2D eigenvalue weighted by Crippen LogP contribution is 2.33. The lowest BCUT2D eigenvalue weighted by atomic mass is 9.86. The molecule has 0 spiro atoms. The largest absolute Gasteiger partial charge is 0.495 e. The van der Waals surface area contributed by atoms with Gasteiger partial charge in [0.1, 0.15) is 11.5 Å². The number of nitrogens with one attached hydrogen (secondary N) is 1. The summed E-state index contributed by atoms with van der Waals surface area (Å²) in [5, 5.41) is 2.98. The average molecular weight is 425 g/mol. The molecule has 0 aliphatic carbocycles. The fourth-order valence-electron chi connectivity index (χ4n) is 3.62. The van der Waals surface area contributed by atoms with Gasteiger partial charge >= 0.3 is 0 Å². The van der Waals surface area contributed by atoms with Gasteiger partial charge < -0.3 is 19.7 Å². The maximum Gasteiger partial charge on any atom is 0.229 e. The summed E-state index contributed by atoms with van der Waals surface area (Å²) in [5.41, 5.74) is 2.43. The predicted molar refractivity (Wildman–Crippen MR) is 123 cm³/mol. The van der Waals surface area contributed by atoms with E-state index in [1.807, 2.05) is 56.3 Å². The van der Waals surface area contributed by atoms with Crippen molar-refractivity contribution in [2.45, 2.75) is 52.6 Å². The Hall–Kier alpha value is -3.02. The van der Waals surface area contributed by atoms with E-state index in [1.54, 1.807) is 12.0 Å². The van der Waals surface area contributed by atoms with Crippen LogP contribution in [-0.2, 0) is 15.0 Å². The van der Waals surface area contributed by atoms with Crippen molar-refractivity contribution in [2.24, 2.45) is 5.92 Å². The Balaban J connectivity index is 1.72. The van der Waals surface area contributed by atoms with Crippen molar-refractivity contribution in [1.82, 2.24) is 0 Å². The molecule has 1 N–H and O–H groups in total. The van der Waals surface area contributed by atoms with E-state index >= 15 is 0 Å². The van der Waals surface area contributed by atoms with Crippen molar-refractivity contribution in [3.63, 3.8) is 0 Å². The van der Waals surface area contributed by atoms with Crippen LogP contribution < -0.4 is 19.7 Å². The van der Waals surface area contributed by atoms with E-state index < -0.39 is 5.92 Å². The van der Waals surface area contributed by atoms with Crippen molar-refractivity contribution in [2.75, 3.05) is 23.9 Å². The van der Waals surface area contributed by atoms with E-state index in [0.29, 0.717) is 18.0 Å². The fourth-order valence-corrected chi connectivity index (χ4v) is 3.62. The Bertz CT molecular complexity index is 945. The third kappa shape index (κ3) is 5.37. The van der Waals surface area contributed by atoms with Crippen LogP contribution in [0.1, 0.15) is 46.6 Å². The normalized spacial score (nSPS) is 16.5. The number of carbonyl (C=O) groups is 2. The van der Waals surface area contributed by atoms with E-state index in [4.69, 9.17) is 9.47 Å². The van der Waals surface area contributed by atoms with Gasteiger partial charge in [0.2, 0.25) is 11.8 Å².